The van der Waals surface area contributed by atoms with E-state index in [2.05, 4.69) is 4.98 Å². The molecule has 0 aliphatic carbocycles. The predicted octanol–water partition coefficient (Wildman–Crippen LogP) is 4.78. The summed E-state index contributed by atoms with van der Waals surface area (Å²) in [5, 5.41) is 0.820. The van der Waals surface area contributed by atoms with E-state index in [0.717, 1.165) is 22.2 Å². The summed E-state index contributed by atoms with van der Waals surface area (Å²) in [7, 11) is 3.43. The fraction of sp³-hybridized carbons (Fsp3) is 0.130. The van der Waals surface area contributed by atoms with Gasteiger partial charge in [0.05, 0.1) is 24.5 Å². The van der Waals surface area contributed by atoms with Crippen LogP contribution in [-0.2, 0) is 6.54 Å². The van der Waals surface area contributed by atoms with Crippen LogP contribution in [0.15, 0.2) is 77.4 Å². The zero-order chi connectivity index (χ0) is 19.5. The Hall–Kier alpha value is -3.60. The van der Waals surface area contributed by atoms with Crippen LogP contribution in [0.5, 0.6) is 5.75 Å². The van der Waals surface area contributed by atoms with Crippen molar-refractivity contribution in [2.45, 2.75) is 6.54 Å². The molecule has 0 saturated heterocycles. The van der Waals surface area contributed by atoms with Gasteiger partial charge in [-0.1, -0.05) is 30.3 Å². The number of aromatic nitrogens is 1. The van der Waals surface area contributed by atoms with E-state index in [1.54, 1.807) is 31.4 Å². The van der Waals surface area contributed by atoms with E-state index >= 15 is 0 Å². The lowest BCUT2D eigenvalue weighted by molar-refractivity contribution is 0.0787. The molecule has 0 bridgehead atoms. The second kappa shape index (κ2) is 7.56. The SMILES string of the molecule is COc1cccc(CN(C)C(=O)c2cc(-c3ccco3)nc3ccccc23)c1. The van der Waals surface area contributed by atoms with Gasteiger partial charge >= 0.3 is 0 Å². The first-order valence-electron chi connectivity index (χ1n) is 8.98. The number of carbonyl (C=O) groups excluding carboxylic acids is 1. The summed E-state index contributed by atoms with van der Waals surface area (Å²) >= 11 is 0. The molecule has 0 fully saturated rings. The minimum Gasteiger partial charge on any atom is -0.497 e. The molecule has 4 aromatic rings. The Labute approximate surface area is 163 Å². The Morgan fingerprint density at radius 2 is 1.93 bits per heavy atom. The third-order valence-electron chi connectivity index (χ3n) is 4.62. The zero-order valence-electron chi connectivity index (χ0n) is 15.8. The lowest BCUT2D eigenvalue weighted by atomic mass is 10.1. The Kier molecular flexibility index (Phi) is 4.81. The van der Waals surface area contributed by atoms with Gasteiger partial charge in [-0.05, 0) is 42.0 Å². The molecule has 0 unspecified atom stereocenters. The second-order valence-corrected chi connectivity index (χ2v) is 6.56. The van der Waals surface area contributed by atoms with Gasteiger partial charge in [0.25, 0.3) is 5.91 Å². The van der Waals surface area contributed by atoms with Crippen molar-refractivity contribution in [3.8, 4) is 17.2 Å². The highest BCUT2D eigenvalue weighted by Gasteiger charge is 2.18. The summed E-state index contributed by atoms with van der Waals surface area (Å²) in [6.45, 7) is 0.475. The first-order chi connectivity index (χ1) is 13.7. The Morgan fingerprint density at radius 1 is 1.07 bits per heavy atom. The summed E-state index contributed by atoms with van der Waals surface area (Å²) in [5.41, 5.74) is 3.00. The van der Waals surface area contributed by atoms with E-state index < -0.39 is 0 Å². The van der Waals surface area contributed by atoms with Crippen molar-refractivity contribution in [1.29, 1.82) is 0 Å². The molecule has 0 saturated carbocycles. The van der Waals surface area contributed by atoms with E-state index in [0.29, 0.717) is 23.6 Å². The molecule has 5 nitrogen and oxygen atoms in total. The second-order valence-electron chi connectivity index (χ2n) is 6.56. The molecule has 5 heteroatoms. The number of nitrogens with zero attached hydrogens (tertiary/aromatic N) is 2. The van der Waals surface area contributed by atoms with Gasteiger partial charge in [0.2, 0.25) is 0 Å². The molecule has 0 radical (unpaired) electrons. The third kappa shape index (κ3) is 3.47. The molecular formula is C23H20N2O3. The highest BCUT2D eigenvalue weighted by atomic mass is 16.5. The fourth-order valence-corrected chi connectivity index (χ4v) is 3.22. The van der Waals surface area contributed by atoms with E-state index in [9.17, 15) is 4.79 Å². The Balaban J connectivity index is 1.71. The van der Waals surface area contributed by atoms with E-state index in [4.69, 9.17) is 9.15 Å². The minimum atomic E-state index is -0.0748. The van der Waals surface area contributed by atoms with Gasteiger partial charge < -0.3 is 14.1 Å². The van der Waals surface area contributed by atoms with Gasteiger partial charge in [-0.15, -0.1) is 0 Å². The summed E-state index contributed by atoms with van der Waals surface area (Å²) in [5.74, 6) is 1.33. The number of carbonyl (C=O) groups is 1. The van der Waals surface area contributed by atoms with Crippen molar-refractivity contribution >= 4 is 16.8 Å². The van der Waals surface area contributed by atoms with E-state index in [1.807, 2.05) is 60.7 Å². The first-order valence-corrected chi connectivity index (χ1v) is 8.98. The van der Waals surface area contributed by atoms with Gasteiger partial charge in [-0.3, -0.25) is 4.79 Å². The van der Waals surface area contributed by atoms with Gasteiger partial charge in [-0.25, -0.2) is 4.98 Å². The number of hydrogen-bond donors (Lipinski definition) is 0. The number of para-hydroxylation sites is 1. The smallest absolute Gasteiger partial charge is 0.254 e. The summed E-state index contributed by atoms with van der Waals surface area (Å²) < 4.78 is 10.8. The van der Waals surface area contributed by atoms with Gasteiger partial charge in [0, 0.05) is 19.0 Å². The van der Waals surface area contributed by atoms with Crippen LogP contribution in [0.2, 0.25) is 0 Å². The normalized spacial score (nSPS) is 10.8. The van der Waals surface area contributed by atoms with Crippen LogP contribution in [0.1, 0.15) is 15.9 Å². The minimum absolute atomic E-state index is 0.0748. The van der Waals surface area contributed by atoms with Crippen molar-refractivity contribution < 1.29 is 13.9 Å². The third-order valence-corrected chi connectivity index (χ3v) is 4.62. The molecule has 2 aromatic carbocycles. The number of furan rings is 1. The number of ether oxygens (including phenoxy) is 1. The molecule has 2 heterocycles. The molecule has 0 N–H and O–H groups in total. The molecule has 4 rings (SSSR count). The first kappa shape index (κ1) is 17.8. The lowest BCUT2D eigenvalue weighted by Gasteiger charge is -2.19. The Bertz CT molecular complexity index is 1120. The topological polar surface area (TPSA) is 55.6 Å². The van der Waals surface area contributed by atoms with Crippen LogP contribution in [0.25, 0.3) is 22.4 Å². The van der Waals surface area contributed by atoms with Crippen molar-refractivity contribution in [2.75, 3.05) is 14.2 Å². The monoisotopic (exact) mass is 372 g/mol. The molecule has 0 aliphatic rings. The number of methoxy groups -OCH3 is 1. The number of hydrogen-bond acceptors (Lipinski definition) is 4. The van der Waals surface area contributed by atoms with Crippen molar-refractivity contribution in [3.05, 3.63) is 84.1 Å². The van der Waals surface area contributed by atoms with Gasteiger partial charge in [0.15, 0.2) is 5.76 Å². The molecule has 28 heavy (non-hydrogen) atoms. The van der Waals surface area contributed by atoms with Crippen LogP contribution >= 0.6 is 0 Å². The van der Waals surface area contributed by atoms with Crippen LogP contribution in [0.4, 0.5) is 0 Å². The zero-order valence-corrected chi connectivity index (χ0v) is 15.8. The summed E-state index contributed by atoms with van der Waals surface area (Å²) in [4.78, 5) is 19.6. The lowest BCUT2D eigenvalue weighted by Crippen LogP contribution is -2.26. The number of amides is 1. The highest BCUT2D eigenvalue weighted by molar-refractivity contribution is 6.07. The van der Waals surface area contributed by atoms with Crippen LogP contribution < -0.4 is 4.74 Å². The van der Waals surface area contributed by atoms with Crippen LogP contribution in [0.3, 0.4) is 0 Å². The maximum Gasteiger partial charge on any atom is 0.254 e. The van der Waals surface area contributed by atoms with E-state index in [-0.39, 0.29) is 5.91 Å². The standard InChI is InChI=1S/C23H20N2O3/c1-25(15-16-7-5-8-17(13-16)27-2)23(26)19-14-21(22-11-6-12-28-22)24-20-10-4-3-9-18(19)20/h3-14H,15H2,1-2H3. The highest BCUT2D eigenvalue weighted by Crippen LogP contribution is 2.26. The van der Waals surface area contributed by atoms with Crippen LogP contribution in [-0.4, -0.2) is 29.9 Å². The molecule has 2 aromatic heterocycles. The largest absolute Gasteiger partial charge is 0.497 e. The molecule has 1 amide bonds. The molecule has 140 valence electrons. The maximum atomic E-state index is 13.3. The number of rotatable bonds is 5. The molecular weight excluding hydrogens is 352 g/mol. The number of pyridine rings is 1. The molecule has 0 aliphatic heterocycles. The number of benzene rings is 2. The quantitative estimate of drug-likeness (QED) is 0.506. The van der Waals surface area contributed by atoms with Crippen molar-refractivity contribution in [1.82, 2.24) is 9.88 Å². The molecule has 0 spiro atoms. The van der Waals surface area contributed by atoms with Crippen molar-refractivity contribution in [3.63, 3.8) is 0 Å². The predicted molar refractivity (Wildman–Crippen MR) is 108 cm³/mol. The average Bonchev–Trinajstić information content (AvgIpc) is 3.27. The number of fused-ring (bicyclic) bond motifs is 1. The van der Waals surface area contributed by atoms with Gasteiger partial charge in [0.1, 0.15) is 11.4 Å². The van der Waals surface area contributed by atoms with Gasteiger partial charge in [-0.2, -0.15) is 0 Å². The van der Waals surface area contributed by atoms with Crippen molar-refractivity contribution in [2.24, 2.45) is 0 Å². The fourth-order valence-electron chi connectivity index (χ4n) is 3.22. The average molecular weight is 372 g/mol. The summed E-state index contributed by atoms with van der Waals surface area (Å²) in [6, 6.07) is 20.8. The Morgan fingerprint density at radius 3 is 2.71 bits per heavy atom. The molecule has 0 atom stereocenters. The maximum absolute atomic E-state index is 13.3. The summed E-state index contributed by atoms with van der Waals surface area (Å²) in [6.07, 6.45) is 1.60. The van der Waals surface area contributed by atoms with E-state index in [1.165, 1.54) is 0 Å². The van der Waals surface area contributed by atoms with Crippen LogP contribution in [0, 0.1) is 0 Å².